The molecule has 6 nitrogen and oxygen atoms in total. The molecule has 2 aliphatic rings. The number of fused-ring (bicyclic) bond motifs is 2. The smallest absolute Gasteiger partial charge is 0.283 e. The SMILES string of the molecule is CN(C)c1ccc(C=C2N=C(SCC(=O)N3c4ccccc4Sc4ccccc43)N(c3ccccc3)C2=O)cc1. The van der Waals surface area contributed by atoms with E-state index in [9.17, 15) is 9.59 Å². The van der Waals surface area contributed by atoms with Crippen molar-refractivity contribution in [3.05, 3.63) is 114 Å². The highest BCUT2D eigenvalue weighted by Crippen LogP contribution is 2.48. The molecule has 4 aromatic rings. The van der Waals surface area contributed by atoms with Gasteiger partial charge in [-0.1, -0.05) is 78.1 Å². The average Bonchev–Trinajstić information content (AvgIpc) is 3.29. The van der Waals surface area contributed by atoms with Crippen LogP contribution in [0.15, 0.2) is 124 Å². The molecule has 40 heavy (non-hydrogen) atoms. The summed E-state index contributed by atoms with van der Waals surface area (Å²) in [7, 11) is 3.97. The van der Waals surface area contributed by atoms with Gasteiger partial charge in [0.05, 0.1) is 22.8 Å². The molecule has 0 fully saturated rings. The van der Waals surface area contributed by atoms with Crippen LogP contribution in [-0.2, 0) is 9.59 Å². The van der Waals surface area contributed by atoms with Crippen LogP contribution < -0.4 is 14.7 Å². The highest BCUT2D eigenvalue weighted by molar-refractivity contribution is 8.14. The van der Waals surface area contributed by atoms with Gasteiger partial charge >= 0.3 is 0 Å². The Bertz CT molecular complexity index is 1600. The van der Waals surface area contributed by atoms with Gasteiger partial charge in [0.15, 0.2) is 5.17 Å². The third kappa shape index (κ3) is 5.03. The summed E-state index contributed by atoms with van der Waals surface area (Å²) in [4.78, 5) is 39.5. The van der Waals surface area contributed by atoms with Crippen molar-refractivity contribution >= 4 is 69.3 Å². The summed E-state index contributed by atoms with van der Waals surface area (Å²) in [5, 5.41) is 0.480. The minimum Gasteiger partial charge on any atom is -0.378 e. The molecule has 0 saturated carbocycles. The molecule has 2 aliphatic heterocycles. The van der Waals surface area contributed by atoms with Gasteiger partial charge in [-0.05, 0) is 60.2 Å². The number of amidine groups is 1. The third-order valence-corrected chi connectivity index (χ3v) is 8.62. The Morgan fingerprint density at radius 3 is 2.08 bits per heavy atom. The van der Waals surface area contributed by atoms with Crippen molar-refractivity contribution in [3.63, 3.8) is 0 Å². The number of hydrogen-bond donors (Lipinski definition) is 0. The summed E-state index contributed by atoms with van der Waals surface area (Å²) in [6.45, 7) is 0. The first-order valence-corrected chi connectivity index (χ1v) is 14.6. The van der Waals surface area contributed by atoms with E-state index in [2.05, 4.69) is 0 Å². The van der Waals surface area contributed by atoms with Crippen molar-refractivity contribution in [2.75, 3.05) is 34.5 Å². The number of nitrogens with zero attached hydrogens (tertiary/aromatic N) is 4. The summed E-state index contributed by atoms with van der Waals surface area (Å²) < 4.78 is 0. The zero-order chi connectivity index (χ0) is 27.6. The van der Waals surface area contributed by atoms with Gasteiger partial charge in [-0.15, -0.1) is 0 Å². The van der Waals surface area contributed by atoms with Gasteiger partial charge in [0.1, 0.15) is 5.70 Å². The molecule has 0 atom stereocenters. The monoisotopic (exact) mass is 562 g/mol. The lowest BCUT2D eigenvalue weighted by Crippen LogP contribution is -2.33. The molecule has 0 saturated heterocycles. The highest BCUT2D eigenvalue weighted by Gasteiger charge is 2.34. The van der Waals surface area contributed by atoms with Crippen LogP contribution in [0.3, 0.4) is 0 Å². The van der Waals surface area contributed by atoms with Gasteiger partial charge in [-0.3, -0.25) is 19.4 Å². The zero-order valence-corrected chi connectivity index (χ0v) is 23.7. The molecule has 0 aromatic heterocycles. The van der Waals surface area contributed by atoms with Crippen molar-refractivity contribution < 1.29 is 9.59 Å². The first kappa shape index (κ1) is 26.0. The number of anilines is 4. The van der Waals surface area contributed by atoms with Crippen LogP contribution in [0.1, 0.15) is 5.56 Å². The molecule has 0 aliphatic carbocycles. The molecular weight excluding hydrogens is 537 g/mol. The molecule has 0 N–H and O–H groups in total. The lowest BCUT2D eigenvalue weighted by Gasteiger charge is -2.31. The van der Waals surface area contributed by atoms with Gasteiger partial charge in [0, 0.05) is 29.6 Å². The number of carbonyl (C=O) groups is 2. The van der Waals surface area contributed by atoms with Gasteiger partial charge in [-0.2, -0.15) is 0 Å². The molecule has 0 spiro atoms. The Balaban J connectivity index is 1.30. The number of hydrogen-bond acceptors (Lipinski definition) is 6. The fourth-order valence-electron chi connectivity index (χ4n) is 4.59. The van der Waals surface area contributed by atoms with Crippen LogP contribution in [0, 0.1) is 0 Å². The Morgan fingerprint density at radius 1 is 0.850 bits per heavy atom. The van der Waals surface area contributed by atoms with Crippen molar-refractivity contribution in [1.82, 2.24) is 0 Å². The summed E-state index contributed by atoms with van der Waals surface area (Å²) >= 11 is 2.93. The van der Waals surface area contributed by atoms with Gasteiger partial charge in [0.25, 0.3) is 5.91 Å². The predicted molar refractivity (Wildman–Crippen MR) is 167 cm³/mol. The van der Waals surface area contributed by atoms with Gasteiger partial charge in [0.2, 0.25) is 5.91 Å². The molecule has 6 rings (SSSR count). The number of para-hydroxylation sites is 3. The number of aliphatic imine (C=N–C) groups is 1. The number of benzene rings is 4. The highest BCUT2D eigenvalue weighted by atomic mass is 32.2. The Kier molecular flexibility index (Phi) is 7.19. The molecule has 2 amide bonds. The Labute approximate surface area is 242 Å². The van der Waals surface area contributed by atoms with Crippen molar-refractivity contribution in [1.29, 1.82) is 0 Å². The Hall–Kier alpha value is -4.27. The molecule has 0 unspecified atom stereocenters. The number of amides is 2. The molecule has 198 valence electrons. The standard InChI is InChI=1S/C32H26N4O2S2/c1-34(2)23-18-16-22(17-19-23)20-25-31(38)35(24-10-4-3-5-11-24)32(33-25)39-21-30(37)36-26-12-6-8-14-28(26)40-29-15-9-7-13-27(29)36/h3-20H,21H2,1-2H3. The second-order valence-electron chi connectivity index (χ2n) is 9.44. The maximum atomic E-state index is 13.8. The van der Waals surface area contributed by atoms with Crippen LogP contribution in [0.25, 0.3) is 6.08 Å². The zero-order valence-electron chi connectivity index (χ0n) is 22.0. The lowest BCUT2D eigenvalue weighted by molar-refractivity contribution is -0.115. The summed E-state index contributed by atoms with van der Waals surface area (Å²) in [5.41, 5.74) is 4.73. The summed E-state index contributed by atoms with van der Waals surface area (Å²) in [6, 6.07) is 33.2. The van der Waals surface area contributed by atoms with E-state index in [1.165, 1.54) is 11.8 Å². The number of thioether (sulfide) groups is 1. The van der Waals surface area contributed by atoms with Crippen LogP contribution in [0.4, 0.5) is 22.7 Å². The average molecular weight is 563 g/mol. The van der Waals surface area contributed by atoms with E-state index in [4.69, 9.17) is 4.99 Å². The second-order valence-corrected chi connectivity index (χ2v) is 11.5. The summed E-state index contributed by atoms with van der Waals surface area (Å²) in [5.74, 6) is -0.180. The first-order chi connectivity index (χ1) is 19.5. The minimum atomic E-state index is -0.220. The van der Waals surface area contributed by atoms with E-state index in [0.717, 1.165) is 32.4 Å². The molecule has 2 heterocycles. The van der Waals surface area contributed by atoms with E-state index in [0.29, 0.717) is 16.6 Å². The normalized spacial score (nSPS) is 15.1. The van der Waals surface area contributed by atoms with Crippen LogP contribution in [0.5, 0.6) is 0 Å². The first-order valence-electron chi connectivity index (χ1n) is 12.8. The van der Waals surface area contributed by atoms with E-state index < -0.39 is 0 Å². The summed E-state index contributed by atoms with van der Waals surface area (Å²) in [6.07, 6.45) is 1.79. The Morgan fingerprint density at radius 2 is 1.45 bits per heavy atom. The quantitative estimate of drug-likeness (QED) is 0.244. The van der Waals surface area contributed by atoms with Crippen LogP contribution in [-0.4, -0.2) is 36.8 Å². The topological polar surface area (TPSA) is 56.2 Å². The second kappa shape index (κ2) is 11.1. The van der Waals surface area contributed by atoms with Crippen LogP contribution >= 0.6 is 23.5 Å². The third-order valence-electron chi connectivity index (χ3n) is 6.56. The molecule has 4 aromatic carbocycles. The molecular formula is C32H26N4O2S2. The predicted octanol–water partition coefficient (Wildman–Crippen LogP) is 7.06. The van der Waals surface area contributed by atoms with Crippen molar-refractivity contribution in [2.24, 2.45) is 4.99 Å². The largest absolute Gasteiger partial charge is 0.378 e. The maximum Gasteiger partial charge on any atom is 0.283 e. The number of carbonyl (C=O) groups excluding carboxylic acids is 2. The van der Waals surface area contributed by atoms with Crippen molar-refractivity contribution in [3.8, 4) is 0 Å². The van der Waals surface area contributed by atoms with E-state index >= 15 is 0 Å². The fraction of sp³-hybridized carbons (Fsp3) is 0.0938. The number of rotatable bonds is 5. The van der Waals surface area contributed by atoms with Gasteiger partial charge in [-0.25, -0.2) is 4.99 Å². The lowest BCUT2D eigenvalue weighted by atomic mass is 10.1. The molecule has 0 bridgehead atoms. The fourth-order valence-corrected chi connectivity index (χ4v) is 6.51. The molecule has 8 heteroatoms. The van der Waals surface area contributed by atoms with E-state index in [1.54, 1.807) is 27.6 Å². The minimum absolute atomic E-state index is 0.0786. The maximum absolute atomic E-state index is 13.8. The van der Waals surface area contributed by atoms with Gasteiger partial charge < -0.3 is 4.90 Å². The van der Waals surface area contributed by atoms with Crippen LogP contribution in [0.2, 0.25) is 0 Å². The van der Waals surface area contributed by atoms with E-state index in [1.807, 2.05) is 122 Å². The molecule has 0 radical (unpaired) electrons. The van der Waals surface area contributed by atoms with Crippen molar-refractivity contribution in [2.45, 2.75) is 9.79 Å². The van der Waals surface area contributed by atoms with E-state index in [-0.39, 0.29) is 17.6 Å².